The number of amides is 2. The molecule has 2 aromatic heterocycles. The Bertz CT molecular complexity index is 669. The molecule has 0 unspecified atom stereocenters. The highest BCUT2D eigenvalue weighted by molar-refractivity contribution is 5.89. The highest BCUT2D eigenvalue weighted by Crippen LogP contribution is 2.26. The van der Waals surface area contributed by atoms with Crippen LogP contribution in [0.1, 0.15) is 36.2 Å². The fourth-order valence-electron chi connectivity index (χ4n) is 2.67. The van der Waals surface area contributed by atoms with Gasteiger partial charge in [0, 0.05) is 30.7 Å². The SMILES string of the molecule is Cc1cc(NC(=O)N2CCC[C@H](c3nc(C)no3)C2)ccn1. The van der Waals surface area contributed by atoms with E-state index in [0.717, 1.165) is 30.8 Å². The van der Waals surface area contributed by atoms with E-state index >= 15 is 0 Å². The lowest BCUT2D eigenvalue weighted by Crippen LogP contribution is -2.41. The van der Waals surface area contributed by atoms with Gasteiger partial charge in [0.2, 0.25) is 5.89 Å². The van der Waals surface area contributed by atoms with Crippen molar-refractivity contribution in [3.63, 3.8) is 0 Å². The Morgan fingerprint density at radius 2 is 2.32 bits per heavy atom. The van der Waals surface area contributed by atoms with Crippen molar-refractivity contribution in [3.05, 3.63) is 35.7 Å². The number of likely N-dealkylation sites (tertiary alicyclic amines) is 1. The van der Waals surface area contributed by atoms with E-state index in [0.29, 0.717) is 18.3 Å². The maximum absolute atomic E-state index is 12.4. The molecule has 0 bridgehead atoms. The summed E-state index contributed by atoms with van der Waals surface area (Å²) < 4.78 is 5.24. The van der Waals surface area contributed by atoms with Gasteiger partial charge in [0.25, 0.3) is 0 Å². The minimum Gasteiger partial charge on any atom is -0.339 e. The molecular formula is C15H19N5O2. The Hall–Kier alpha value is -2.44. The monoisotopic (exact) mass is 301 g/mol. The van der Waals surface area contributed by atoms with Crippen LogP contribution in [-0.2, 0) is 0 Å². The topological polar surface area (TPSA) is 84.2 Å². The quantitative estimate of drug-likeness (QED) is 0.921. The van der Waals surface area contributed by atoms with Gasteiger partial charge in [-0.05, 0) is 38.8 Å². The zero-order valence-corrected chi connectivity index (χ0v) is 12.7. The van der Waals surface area contributed by atoms with E-state index in [1.54, 1.807) is 24.1 Å². The summed E-state index contributed by atoms with van der Waals surface area (Å²) >= 11 is 0. The van der Waals surface area contributed by atoms with Gasteiger partial charge in [0.05, 0.1) is 5.92 Å². The van der Waals surface area contributed by atoms with Crippen molar-refractivity contribution in [2.45, 2.75) is 32.6 Å². The second-order valence-corrected chi connectivity index (χ2v) is 5.58. The Morgan fingerprint density at radius 3 is 3.05 bits per heavy atom. The van der Waals surface area contributed by atoms with Crippen molar-refractivity contribution in [3.8, 4) is 0 Å². The number of anilines is 1. The molecule has 0 spiro atoms. The summed E-state index contributed by atoms with van der Waals surface area (Å²) in [6.07, 6.45) is 3.57. The normalized spacial score (nSPS) is 18.3. The average Bonchev–Trinajstić information content (AvgIpc) is 2.94. The van der Waals surface area contributed by atoms with Crippen LogP contribution in [0.2, 0.25) is 0 Å². The summed E-state index contributed by atoms with van der Waals surface area (Å²) in [7, 11) is 0. The molecule has 0 saturated carbocycles. The number of aryl methyl sites for hydroxylation is 2. The van der Waals surface area contributed by atoms with E-state index in [2.05, 4.69) is 20.4 Å². The number of hydrogen-bond donors (Lipinski definition) is 1. The van der Waals surface area contributed by atoms with Crippen LogP contribution in [-0.4, -0.2) is 39.1 Å². The van der Waals surface area contributed by atoms with Crippen molar-refractivity contribution >= 4 is 11.7 Å². The van der Waals surface area contributed by atoms with Crippen molar-refractivity contribution in [2.24, 2.45) is 0 Å². The fourth-order valence-corrected chi connectivity index (χ4v) is 2.67. The fraction of sp³-hybridized carbons (Fsp3) is 0.467. The number of carbonyl (C=O) groups excluding carboxylic acids is 1. The average molecular weight is 301 g/mol. The van der Waals surface area contributed by atoms with Crippen LogP contribution in [0.5, 0.6) is 0 Å². The first-order valence-corrected chi connectivity index (χ1v) is 7.40. The van der Waals surface area contributed by atoms with E-state index in [9.17, 15) is 4.79 Å². The van der Waals surface area contributed by atoms with E-state index in [-0.39, 0.29) is 11.9 Å². The number of hydrogen-bond acceptors (Lipinski definition) is 5. The Morgan fingerprint density at radius 1 is 1.45 bits per heavy atom. The van der Waals surface area contributed by atoms with Gasteiger partial charge < -0.3 is 14.7 Å². The van der Waals surface area contributed by atoms with Crippen molar-refractivity contribution in [2.75, 3.05) is 18.4 Å². The van der Waals surface area contributed by atoms with Crippen molar-refractivity contribution < 1.29 is 9.32 Å². The minimum absolute atomic E-state index is 0.105. The number of rotatable bonds is 2. The summed E-state index contributed by atoms with van der Waals surface area (Å²) in [4.78, 5) is 22.6. The Labute approximate surface area is 128 Å². The number of carbonyl (C=O) groups is 1. The Kier molecular flexibility index (Phi) is 4.04. The first-order valence-electron chi connectivity index (χ1n) is 7.40. The molecule has 2 aromatic rings. The van der Waals surface area contributed by atoms with Gasteiger partial charge in [0.15, 0.2) is 5.82 Å². The summed E-state index contributed by atoms with van der Waals surface area (Å²) in [6.45, 7) is 5.02. The van der Waals surface area contributed by atoms with Gasteiger partial charge in [-0.3, -0.25) is 4.98 Å². The smallest absolute Gasteiger partial charge is 0.321 e. The molecular weight excluding hydrogens is 282 g/mol. The number of aromatic nitrogens is 3. The number of nitrogens with one attached hydrogen (secondary N) is 1. The minimum atomic E-state index is -0.105. The largest absolute Gasteiger partial charge is 0.339 e. The Balaban J connectivity index is 1.65. The molecule has 0 radical (unpaired) electrons. The van der Waals surface area contributed by atoms with Gasteiger partial charge in [-0.15, -0.1) is 0 Å². The maximum atomic E-state index is 12.4. The molecule has 7 nitrogen and oxygen atoms in total. The predicted molar refractivity (Wildman–Crippen MR) is 80.6 cm³/mol. The molecule has 0 aromatic carbocycles. The third-order valence-corrected chi connectivity index (χ3v) is 3.75. The second kappa shape index (κ2) is 6.13. The lowest BCUT2D eigenvalue weighted by molar-refractivity contribution is 0.184. The molecule has 1 N–H and O–H groups in total. The summed E-state index contributed by atoms with van der Waals surface area (Å²) in [6, 6.07) is 3.53. The van der Waals surface area contributed by atoms with E-state index in [1.807, 2.05) is 13.0 Å². The summed E-state index contributed by atoms with van der Waals surface area (Å²) in [5.74, 6) is 1.36. The van der Waals surface area contributed by atoms with Crippen LogP contribution >= 0.6 is 0 Å². The van der Waals surface area contributed by atoms with Gasteiger partial charge in [-0.25, -0.2) is 4.79 Å². The van der Waals surface area contributed by atoms with Crippen LogP contribution in [0.3, 0.4) is 0 Å². The van der Waals surface area contributed by atoms with Crippen LogP contribution in [0.4, 0.5) is 10.5 Å². The van der Waals surface area contributed by atoms with Crippen LogP contribution < -0.4 is 5.32 Å². The highest BCUT2D eigenvalue weighted by atomic mass is 16.5. The molecule has 1 aliphatic rings. The van der Waals surface area contributed by atoms with E-state index < -0.39 is 0 Å². The molecule has 22 heavy (non-hydrogen) atoms. The molecule has 3 rings (SSSR count). The first kappa shape index (κ1) is 14.5. The molecule has 1 atom stereocenters. The van der Waals surface area contributed by atoms with Crippen LogP contribution in [0.25, 0.3) is 0 Å². The molecule has 1 aliphatic heterocycles. The third kappa shape index (κ3) is 3.24. The number of piperidine rings is 1. The van der Waals surface area contributed by atoms with E-state index in [4.69, 9.17) is 4.52 Å². The number of pyridine rings is 1. The standard InChI is InChI=1S/C15H19N5O2/c1-10-8-13(5-6-16-10)18-15(21)20-7-3-4-12(9-20)14-17-11(2)19-22-14/h5-6,8,12H,3-4,7,9H2,1-2H3,(H,16,18,21)/t12-/m0/s1. The summed E-state index contributed by atoms with van der Waals surface area (Å²) in [5.41, 5.74) is 1.63. The molecule has 1 fully saturated rings. The third-order valence-electron chi connectivity index (χ3n) is 3.75. The summed E-state index contributed by atoms with van der Waals surface area (Å²) in [5, 5.41) is 6.74. The molecule has 1 saturated heterocycles. The zero-order chi connectivity index (χ0) is 15.5. The van der Waals surface area contributed by atoms with Crippen molar-refractivity contribution in [1.29, 1.82) is 0 Å². The van der Waals surface area contributed by atoms with Gasteiger partial charge in [-0.1, -0.05) is 5.16 Å². The second-order valence-electron chi connectivity index (χ2n) is 5.58. The molecule has 116 valence electrons. The molecule has 0 aliphatic carbocycles. The highest BCUT2D eigenvalue weighted by Gasteiger charge is 2.28. The lowest BCUT2D eigenvalue weighted by atomic mass is 9.98. The van der Waals surface area contributed by atoms with E-state index in [1.165, 1.54) is 0 Å². The van der Waals surface area contributed by atoms with Crippen LogP contribution in [0.15, 0.2) is 22.9 Å². The van der Waals surface area contributed by atoms with Crippen LogP contribution in [0, 0.1) is 13.8 Å². The predicted octanol–water partition coefficient (Wildman–Crippen LogP) is 2.49. The molecule has 3 heterocycles. The lowest BCUT2D eigenvalue weighted by Gasteiger charge is -2.31. The molecule has 2 amide bonds. The number of urea groups is 1. The maximum Gasteiger partial charge on any atom is 0.321 e. The molecule has 7 heteroatoms. The van der Waals surface area contributed by atoms with Crippen molar-refractivity contribution in [1.82, 2.24) is 20.0 Å². The van der Waals surface area contributed by atoms with Gasteiger partial charge in [0.1, 0.15) is 0 Å². The van der Waals surface area contributed by atoms with Gasteiger partial charge >= 0.3 is 6.03 Å². The zero-order valence-electron chi connectivity index (χ0n) is 12.7. The number of nitrogens with zero attached hydrogens (tertiary/aromatic N) is 4. The van der Waals surface area contributed by atoms with Gasteiger partial charge in [-0.2, -0.15) is 4.98 Å². The first-order chi connectivity index (χ1) is 10.6.